The quantitative estimate of drug-likeness (QED) is 0.838. The number of halogens is 1. The highest BCUT2D eigenvalue weighted by atomic mass is 127. The van der Waals surface area contributed by atoms with Crippen LogP contribution in [0, 0.1) is 8.80 Å². The molecule has 1 aromatic heterocycles. The predicted molar refractivity (Wildman–Crippen MR) is 66.1 cm³/mol. The molecule has 1 unspecified atom stereocenters. The number of aliphatic hydroxyl groups is 1. The van der Waals surface area contributed by atoms with E-state index in [1.54, 1.807) is 11.3 Å². The molecule has 74 valence electrons. The molecule has 1 atom stereocenters. The fraction of sp³-hybridized carbons (Fsp3) is 0.600. The van der Waals surface area contributed by atoms with E-state index in [-0.39, 0.29) is 6.10 Å². The van der Waals surface area contributed by atoms with Gasteiger partial charge in [0.2, 0.25) is 0 Å². The van der Waals surface area contributed by atoms with Gasteiger partial charge in [0.15, 0.2) is 0 Å². The second kappa shape index (κ2) is 5.32. The Balaban J connectivity index is 2.44. The largest absolute Gasteiger partial charge is 0.388 e. The first kappa shape index (κ1) is 11.5. The first-order valence-electron chi connectivity index (χ1n) is 4.51. The maximum absolute atomic E-state index is 9.79. The molecule has 13 heavy (non-hydrogen) atoms. The highest BCUT2D eigenvalue weighted by Crippen LogP contribution is 2.26. The molecule has 0 aliphatic carbocycles. The topological polar surface area (TPSA) is 20.2 Å². The summed E-state index contributed by atoms with van der Waals surface area (Å²) in [6.07, 6.45) is 1.71. The summed E-state index contributed by atoms with van der Waals surface area (Å²) in [6.45, 7) is 4.37. The molecule has 0 aromatic carbocycles. The Labute approximate surface area is 97.3 Å². The smallest absolute Gasteiger partial charge is 0.0798 e. The van der Waals surface area contributed by atoms with E-state index in [0.29, 0.717) is 5.92 Å². The third-order valence-electron chi connectivity index (χ3n) is 1.99. The summed E-state index contributed by atoms with van der Waals surface area (Å²) in [5.41, 5.74) is 1.08. The van der Waals surface area contributed by atoms with Crippen LogP contribution in [-0.2, 0) is 0 Å². The van der Waals surface area contributed by atoms with Crippen LogP contribution in [0.1, 0.15) is 38.4 Å². The van der Waals surface area contributed by atoms with Crippen LogP contribution in [-0.4, -0.2) is 5.11 Å². The minimum Gasteiger partial charge on any atom is -0.388 e. The number of aliphatic hydroxyl groups excluding tert-OH is 1. The average molecular weight is 310 g/mol. The molecule has 1 rings (SSSR count). The van der Waals surface area contributed by atoms with Crippen molar-refractivity contribution >= 4 is 33.9 Å². The maximum Gasteiger partial charge on any atom is 0.0798 e. The number of thiophene rings is 1. The van der Waals surface area contributed by atoms with Crippen LogP contribution in [0.15, 0.2) is 11.4 Å². The van der Waals surface area contributed by atoms with E-state index in [4.69, 9.17) is 0 Å². The zero-order chi connectivity index (χ0) is 9.84. The van der Waals surface area contributed by atoms with Crippen LogP contribution in [0.4, 0.5) is 0 Å². The van der Waals surface area contributed by atoms with Gasteiger partial charge in [0.25, 0.3) is 0 Å². The molecule has 0 amide bonds. The van der Waals surface area contributed by atoms with Gasteiger partial charge in [-0.2, -0.15) is 0 Å². The van der Waals surface area contributed by atoms with Crippen LogP contribution < -0.4 is 0 Å². The predicted octanol–water partition coefficient (Wildman–Crippen LogP) is 3.82. The van der Waals surface area contributed by atoms with E-state index in [1.165, 1.54) is 2.88 Å². The van der Waals surface area contributed by atoms with Gasteiger partial charge in [-0.25, -0.2) is 0 Å². The Morgan fingerprint density at radius 3 is 2.62 bits per heavy atom. The molecule has 0 fully saturated rings. The van der Waals surface area contributed by atoms with E-state index < -0.39 is 0 Å². The summed E-state index contributed by atoms with van der Waals surface area (Å²) < 4.78 is 1.25. The molecule has 0 aliphatic rings. The maximum atomic E-state index is 9.79. The fourth-order valence-corrected chi connectivity index (χ4v) is 2.57. The molecule has 0 saturated heterocycles. The van der Waals surface area contributed by atoms with Crippen molar-refractivity contribution in [1.82, 2.24) is 0 Å². The number of rotatable bonds is 4. The Kier molecular flexibility index (Phi) is 4.69. The standard InChI is InChI=1S/C10H15IOS/c1-7(2)3-4-9(12)8-5-10(11)13-6-8/h5-7,9,12H,3-4H2,1-2H3. The Morgan fingerprint density at radius 2 is 2.15 bits per heavy atom. The van der Waals surface area contributed by atoms with Crippen LogP contribution in [0.5, 0.6) is 0 Å². The van der Waals surface area contributed by atoms with Gasteiger partial charge in [-0.15, -0.1) is 11.3 Å². The van der Waals surface area contributed by atoms with Crippen molar-refractivity contribution in [2.45, 2.75) is 32.8 Å². The van der Waals surface area contributed by atoms with Gasteiger partial charge in [-0.1, -0.05) is 13.8 Å². The molecule has 3 heteroatoms. The third-order valence-corrected chi connectivity index (χ3v) is 3.80. The lowest BCUT2D eigenvalue weighted by Gasteiger charge is -2.09. The molecule has 0 radical (unpaired) electrons. The molecule has 0 saturated carbocycles. The van der Waals surface area contributed by atoms with Crippen LogP contribution in [0.2, 0.25) is 0 Å². The first-order valence-corrected chi connectivity index (χ1v) is 6.47. The van der Waals surface area contributed by atoms with Gasteiger partial charge >= 0.3 is 0 Å². The molecule has 1 aromatic rings. The zero-order valence-corrected chi connectivity index (χ0v) is 10.9. The van der Waals surface area contributed by atoms with Crippen molar-refractivity contribution < 1.29 is 5.11 Å². The fourth-order valence-electron chi connectivity index (χ4n) is 1.16. The third kappa shape index (κ3) is 3.95. The lowest BCUT2D eigenvalue weighted by atomic mass is 10.0. The Morgan fingerprint density at radius 1 is 1.46 bits per heavy atom. The Hall–Kier alpha value is 0.390. The summed E-state index contributed by atoms with van der Waals surface area (Å²) in [7, 11) is 0. The Bertz CT molecular complexity index is 257. The summed E-state index contributed by atoms with van der Waals surface area (Å²) >= 11 is 3.98. The first-order chi connectivity index (χ1) is 6.09. The minimum atomic E-state index is -0.262. The van der Waals surface area contributed by atoms with Gasteiger partial charge in [-0.05, 0) is 58.4 Å². The van der Waals surface area contributed by atoms with Gasteiger partial charge < -0.3 is 5.11 Å². The van der Waals surface area contributed by atoms with Gasteiger partial charge in [-0.3, -0.25) is 0 Å². The van der Waals surface area contributed by atoms with E-state index in [1.807, 2.05) is 5.38 Å². The second-order valence-corrected chi connectivity index (χ2v) is 6.48. The van der Waals surface area contributed by atoms with Crippen molar-refractivity contribution in [2.75, 3.05) is 0 Å². The van der Waals surface area contributed by atoms with Gasteiger partial charge in [0.05, 0.1) is 8.99 Å². The van der Waals surface area contributed by atoms with Crippen molar-refractivity contribution in [2.24, 2.45) is 5.92 Å². The van der Waals surface area contributed by atoms with E-state index in [0.717, 1.165) is 18.4 Å². The highest BCUT2D eigenvalue weighted by Gasteiger charge is 2.09. The lowest BCUT2D eigenvalue weighted by molar-refractivity contribution is 0.159. The van der Waals surface area contributed by atoms with E-state index in [2.05, 4.69) is 42.5 Å². The summed E-state index contributed by atoms with van der Waals surface area (Å²) in [4.78, 5) is 0. The SMILES string of the molecule is CC(C)CCC(O)c1csc(I)c1. The normalized spacial score (nSPS) is 13.6. The van der Waals surface area contributed by atoms with Crippen molar-refractivity contribution in [3.8, 4) is 0 Å². The van der Waals surface area contributed by atoms with E-state index >= 15 is 0 Å². The highest BCUT2D eigenvalue weighted by molar-refractivity contribution is 14.1. The molecule has 1 heterocycles. The molecule has 0 spiro atoms. The molecule has 0 aliphatic heterocycles. The number of hydrogen-bond acceptors (Lipinski definition) is 2. The summed E-state index contributed by atoms with van der Waals surface area (Å²) in [5.74, 6) is 0.673. The summed E-state index contributed by atoms with van der Waals surface area (Å²) in [6, 6.07) is 2.07. The molecular weight excluding hydrogens is 295 g/mol. The number of hydrogen-bond donors (Lipinski definition) is 1. The van der Waals surface area contributed by atoms with Gasteiger partial charge in [0.1, 0.15) is 0 Å². The van der Waals surface area contributed by atoms with Gasteiger partial charge in [0, 0.05) is 0 Å². The molecule has 0 bridgehead atoms. The van der Waals surface area contributed by atoms with Crippen molar-refractivity contribution in [3.63, 3.8) is 0 Å². The second-order valence-electron chi connectivity index (χ2n) is 3.67. The zero-order valence-electron chi connectivity index (χ0n) is 7.96. The summed E-state index contributed by atoms with van der Waals surface area (Å²) in [5, 5.41) is 11.8. The average Bonchev–Trinajstić information content (AvgIpc) is 2.47. The van der Waals surface area contributed by atoms with Crippen LogP contribution in [0.3, 0.4) is 0 Å². The monoisotopic (exact) mass is 310 g/mol. The van der Waals surface area contributed by atoms with Crippen molar-refractivity contribution in [3.05, 3.63) is 19.9 Å². The molecule has 1 N–H and O–H groups in total. The van der Waals surface area contributed by atoms with Crippen molar-refractivity contribution in [1.29, 1.82) is 0 Å². The lowest BCUT2D eigenvalue weighted by Crippen LogP contribution is -1.98. The van der Waals surface area contributed by atoms with Crippen LogP contribution >= 0.6 is 33.9 Å². The minimum absolute atomic E-state index is 0.262. The van der Waals surface area contributed by atoms with E-state index in [9.17, 15) is 5.11 Å². The molecular formula is C10H15IOS. The molecule has 1 nitrogen and oxygen atoms in total. The van der Waals surface area contributed by atoms with Crippen LogP contribution in [0.25, 0.3) is 0 Å².